The summed E-state index contributed by atoms with van der Waals surface area (Å²) in [5.41, 5.74) is 0. The van der Waals surface area contributed by atoms with Crippen LogP contribution in [-0.2, 0) is 9.59 Å². The number of nitrogens with one attached hydrogen (secondary N) is 1. The summed E-state index contributed by atoms with van der Waals surface area (Å²) in [6, 6.07) is 10.1. The Kier molecular flexibility index (Phi) is 5.77. The average Bonchev–Trinajstić information content (AvgIpc) is 2.26. The number of hydrogen-bond acceptors (Lipinski definition) is 3. The van der Waals surface area contributed by atoms with E-state index in [1.807, 2.05) is 37.3 Å². The normalized spacial score (nSPS) is 11.9. The highest BCUT2D eigenvalue weighted by Gasteiger charge is 2.09. The SMILES string of the molecule is CC(=O)CC(=O)NC(C)CSc1ccccc1. The summed E-state index contributed by atoms with van der Waals surface area (Å²) in [5.74, 6) is 0.497. The molecule has 1 amide bonds. The Morgan fingerprint density at radius 1 is 1.29 bits per heavy atom. The van der Waals surface area contributed by atoms with Crippen molar-refractivity contribution in [3.05, 3.63) is 30.3 Å². The molecule has 1 atom stereocenters. The molecule has 0 bridgehead atoms. The Bertz CT molecular complexity index is 378. The van der Waals surface area contributed by atoms with Crippen LogP contribution in [0.1, 0.15) is 20.3 Å². The van der Waals surface area contributed by atoms with E-state index in [9.17, 15) is 9.59 Å². The van der Waals surface area contributed by atoms with Crippen molar-refractivity contribution in [3.63, 3.8) is 0 Å². The van der Waals surface area contributed by atoms with Crippen LogP contribution in [0.15, 0.2) is 35.2 Å². The fourth-order valence-electron chi connectivity index (χ4n) is 1.33. The second kappa shape index (κ2) is 7.12. The quantitative estimate of drug-likeness (QED) is 0.623. The van der Waals surface area contributed by atoms with Gasteiger partial charge in [0.25, 0.3) is 0 Å². The molecule has 92 valence electrons. The summed E-state index contributed by atoms with van der Waals surface area (Å²) in [4.78, 5) is 23.3. The maximum atomic E-state index is 11.3. The van der Waals surface area contributed by atoms with E-state index in [0.717, 1.165) is 5.75 Å². The summed E-state index contributed by atoms with van der Waals surface area (Å²) in [6.07, 6.45) is -0.0274. The lowest BCUT2D eigenvalue weighted by molar-refractivity contribution is -0.127. The molecule has 0 saturated carbocycles. The molecule has 1 unspecified atom stereocenters. The highest BCUT2D eigenvalue weighted by molar-refractivity contribution is 7.99. The third-order valence-corrected chi connectivity index (χ3v) is 3.33. The number of carbonyl (C=O) groups is 2. The number of rotatable bonds is 6. The maximum absolute atomic E-state index is 11.3. The van der Waals surface area contributed by atoms with E-state index >= 15 is 0 Å². The van der Waals surface area contributed by atoms with Crippen molar-refractivity contribution < 1.29 is 9.59 Å². The molecule has 17 heavy (non-hydrogen) atoms. The van der Waals surface area contributed by atoms with Gasteiger partial charge in [-0.25, -0.2) is 0 Å². The van der Waals surface area contributed by atoms with Gasteiger partial charge in [-0.05, 0) is 26.0 Å². The van der Waals surface area contributed by atoms with Gasteiger partial charge < -0.3 is 5.32 Å². The fourth-order valence-corrected chi connectivity index (χ4v) is 2.21. The van der Waals surface area contributed by atoms with Crippen molar-refractivity contribution in [1.29, 1.82) is 0 Å². The van der Waals surface area contributed by atoms with Gasteiger partial charge in [0.05, 0.1) is 6.42 Å². The first-order valence-corrected chi connectivity index (χ1v) is 6.53. The van der Waals surface area contributed by atoms with Crippen LogP contribution in [0, 0.1) is 0 Å². The molecular weight excluding hydrogens is 234 g/mol. The van der Waals surface area contributed by atoms with E-state index in [2.05, 4.69) is 5.32 Å². The second-order valence-corrected chi connectivity index (χ2v) is 5.06. The molecule has 0 saturated heterocycles. The number of Topliss-reactive ketones (excluding diaryl/α,β-unsaturated/α-hetero) is 1. The lowest BCUT2D eigenvalue weighted by atomic mass is 10.3. The highest BCUT2D eigenvalue weighted by atomic mass is 32.2. The smallest absolute Gasteiger partial charge is 0.227 e. The molecule has 1 aromatic rings. The number of carbonyl (C=O) groups excluding carboxylic acids is 2. The summed E-state index contributed by atoms with van der Waals surface area (Å²) in [7, 11) is 0. The van der Waals surface area contributed by atoms with Gasteiger partial charge in [-0.1, -0.05) is 18.2 Å². The lowest BCUT2D eigenvalue weighted by Crippen LogP contribution is -2.35. The van der Waals surface area contributed by atoms with Crippen LogP contribution in [0.3, 0.4) is 0 Å². The molecule has 0 spiro atoms. The molecule has 0 radical (unpaired) electrons. The molecule has 0 fully saturated rings. The predicted octanol–water partition coefficient (Wildman–Crippen LogP) is 2.26. The van der Waals surface area contributed by atoms with Crippen LogP contribution in [0.5, 0.6) is 0 Å². The van der Waals surface area contributed by atoms with Crippen LogP contribution in [0.2, 0.25) is 0 Å². The van der Waals surface area contributed by atoms with E-state index in [0.29, 0.717) is 0 Å². The first-order chi connectivity index (χ1) is 8.08. The van der Waals surface area contributed by atoms with Crippen LogP contribution >= 0.6 is 11.8 Å². The number of benzene rings is 1. The van der Waals surface area contributed by atoms with Gasteiger partial charge in [0, 0.05) is 16.7 Å². The molecule has 1 rings (SSSR count). The molecule has 3 nitrogen and oxygen atoms in total. The van der Waals surface area contributed by atoms with Crippen molar-refractivity contribution in [2.45, 2.75) is 31.2 Å². The monoisotopic (exact) mass is 251 g/mol. The van der Waals surface area contributed by atoms with Gasteiger partial charge in [0.2, 0.25) is 5.91 Å². The Hall–Kier alpha value is -1.29. The molecule has 1 aromatic carbocycles. The third-order valence-electron chi connectivity index (χ3n) is 2.06. The van der Waals surface area contributed by atoms with Crippen molar-refractivity contribution in [1.82, 2.24) is 5.32 Å². The second-order valence-electron chi connectivity index (χ2n) is 3.97. The largest absolute Gasteiger partial charge is 0.352 e. The molecule has 0 aliphatic heterocycles. The highest BCUT2D eigenvalue weighted by Crippen LogP contribution is 2.17. The van der Waals surface area contributed by atoms with Crippen LogP contribution < -0.4 is 5.32 Å². The summed E-state index contributed by atoms with van der Waals surface area (Å²) in [6.45, 7) is 3.36. The molecule has 0 aromatic heterocycles. The minimum Gasteiger partial charge on any atom is -0.352 e. The Morgan fingerprint density at radius 3 is 2.53 bits per heavy atom. The first kappa shape index (κ1) is 13.8. The number of amides is 1. The Morgan fingerprint density at radius 2 is 1.94 bits per heavy atom. The standard InChI is InChI=1S/C13H17NO2S/c1-10(14-13(16)8-11(2)15)9-17-12-6-4-3-5-7-12/h3-7,10H,8-9H2,1-2H3,(H,14,16). The van der Waals surface area contributed by atoms with Gasteiger partial charge in [0.1, 0.15) is 5.78 Å². The van der Waals surface area contributed by atoms with Gasteiger partial charge in [-0.3, -0.25) is 9.59 Å². The zero-order chi connectivity index (χ0) is 12.7. The summed E-state index contributed by atoms with van der Waals surface area (Å²) < 4.78 is 0. The van der Waals surface area contributed by atoms with Crippen LogP contribution in [-0.4, -0.2) is 23.5 Å². The van der Waals surface area contributed by atoms with Crippen molar-refractivity contribution in [3.8, 4) is 0 Å². The number of ketones is 1. The Labute approximate surface area is 106 Å². The van der Waals surface area contributed by atoms with Crippen LogP contribution in [0.4, 0.5) is 0 Å². The first-order valence-electron chi connectivity index (χ1n) is 5.54. The predicted molar refractivity (Wildman–Crippen MR) is 70.1 cm³/mol. The van der Waals surface area contributed by atoms with Gasteiger partial charge >= 0.3 is 0 Å². The minimum atomic E-state index is -0.196. The molecule has 0 aliphatic rings. The van der Waals surface area contributed by atoms with E-state index < -0.39 is 0 Å². The van der Waals surface area contributed by atoms with Crippen LogP contribution in [0.25, 0.3) is 0 Å². The molecule has 0 aliphatic carbocycles. The number of hydrogen-bond donors (Lipinski definition) is 1. The van der Waals surface area contributed by atoms with Gasteiger partial charge in [-0.2, -0.15) is 0 Å². The average molecular weight is 251 g/mol. The van der Waals surface area contributed by atoms with Gasteiger partial charge in [-0.15, -0.1) is 11.8 Å². The Balaban J connectivity index is 2.28. The third kappa shape index (κ3) is 6.12. The zero-order valence-electron chi connectivity index (χ0n) is 10.1. The molecule has 4 heteroatoms. The van der Waals surface area contributed by atoms with Gasteiger partial charge in [0.15, 0.2) is 0 Å². The molecule has 1 N–H and O–H groups in total. The molecular formula is C13H17NO2S. The summed E-state index contributed by atoms with van der Waals surface area (Å²) in [5, 5.41) is 2.80. The number of thioether (sulfide) groups is 1. The minimum absolute atomic E-state index is 0.0274. The van der Waals surface area contributed by atoms with Crippen molar-refractivity contribution in [2.75, 3.05) is 5.75 Å². The topological polar surface area (TPSA) is 46.2 Å². The van der Waals surface area contributed by atoms with Crippen molar-refractivity contribution in [2.24, 2.45) is 0 Å². The maximum Gasteiger partial charge on any atom is 0.227 e. The van der Waals surface area contributed by atoms with Crippen molar-refractivity contribution >= 4 is 23.5 Å². The van der Waals surface area contributed by atoms with E-state index in [4.69, 9.17) is 0 Å². The summed E-state index contributed by atoms with van der Waals surface area (Å²) >= 11 is 1.69. The van der Waals surface area contributed by atoms with E-state index in [1.165, 1.54) is 11.8 Å². The lowest BCUT2D eigenvalue weighted by Gasteiger charge is -2.12. The van der Waals surface area contributed by atoms with E-state index in [-0.39, 0.29) is 24.2 Å². The van der Waals surface area contributed by atoms with E-state index in [1.54, 1.807) is 11.8 Å². The zero-order valence-corrected chi connectivity index (χ0v) is 10.9. The fraction of sp³-hybridized carbons (Fsp3) is 0.385. The molecule has 0 heterocycles.